The molecule has 0 saturated heterocycles. The van der Waals surface area contributed by atoms with Gasteiger partial charge in [0.1, 0.15) is 0 Å². The Bertz CT molecular complexity index is 435. The molecule has 0 aliphatic heterocycles. The molecule has 0 fully saturated rings. The van der Waals surface area contributed by atoms with Gasteiger partial charge in [0.25, 0.3) is 0 Å². The molecular formula is C16H26O3Si. The molecule has 0 radical (unpaired) electrons. The molecule has 0 aromatic heterocycles. The van der Waals surface area contributed by atoms with Gasteiger partial charge in [-0.25, -0.2) is 0 Å². The number of carboxylic acids is 1. The molecule has 1 rings (SSSR count). The van der Waals surface area contributed by atoms with Gasteiger partial charge in [0.15, 0.2) is 8.32 Å². The van der Waals surface area contributed by atoms with Crippen LogP contribution in [0.1, 0.15) is 26.3 Å². The molecule has 1 atom stereocenters. The first-order valence-electron chi connectivity index (χ1n) is 7.04. The molecule has 0 heterocycles. The van der Waals surface area contributed by atoms with E-state index in [1.165, 1.54) is 0 Å². The van der Waals surface area contributed by atoms with Crippen molar-refractivity contribution in [3.8, 4) is 0 Å². The molecule has 4 heteroatoms. The minimum atomic E-state index is -1.89. The lowest BCUT2D eigenvalue weighted by Crippen LogP contribution is -2.42. The largest absolute Gasteiger partial charge is 0.481 e. The van der Waals surface area contributed by atoms with Gasteiger partial charge in [0.05, 0.1) is 5.92 Å². The summed E-state index contributed by atoms with van der Waals surface area (Å²) in [6, 6.07) is 9.72. The van der Waals surface area contributed by atoms with Crippen LogP contribution in [-0.4, -0.2) is 26.0 Å². The van der Waals surface area contributed by atoms with E-state index in [9.17, 15) is 9.90 Å². The molecule has 3 nitrogen and oxygen atoms in total. The van der Waals surface area contributed by atoms with Crippen LogP contribution in [0.4, 0.5) is 0 Å². The zero-order valence-corrected chi connectivity index (χ0v) is 14.1. The third-order valence-electron chi connectivity index (χ3n) is 4.13. The average Bonchev–Trinajstić information content (AvgIpc) is 2.34. The van der Waals surface area contributed by atoms with Crippen molar-refractivity contribution in [3.05, 3.63) is 35.9 Å². The lowest BCUT2D eigenvalue weighted by atomic mass is 10.0. The standard InChI is InChI=1S/C16H26O3Si/c1-16(2,3)20(4,5)19-12-14(15(17)18)11-13-9-7-6-8-10-13/h6-10,14H,11-12H2,1-5H3,(H,17,18)/t14-/m1/s1. The van der Waals surface area contributed by atoms with Crippen LogP contribution < -0.4 is 0 Å². The zero-order chi connectivity index (χ0) is 15.4. The Morgan fingerprint density at radius 2 is 1.80 bits per heavy atom. The molecule has 0 aliphatic carbocycles. The van der Waals surface area contributed by atoms with Gasteiger partial charge >= 0.3 is 5.97 Å². The summed E-state index contributed by atoms with van der Waals surface area (Å²) in [7, 11) is -1.89. The number of rotatable bonds is 6. The first-order valence-corrected chi connectivity index (χ1v) is 9.95. The summed E-state index contributed by atoms with van der Waals surface area (Å²) >= 11 is 0. The highest BCUT2D eigenvalue weighted by atomic mass is 28.4. The van der Waals surface area contributed by atoms with E-state index < -0.39 is 20.2 Å². The van der Waals surface area contributed by atoms with Gasteiger partial charge in [-0.2, -0.15) is 0 Å². The second-order valence-electron chi connectivity index (χ2n) is 6.80. The fourth-order valence-corrected chi connectivity index (χ4v) is 2.69. The Morgan fingerprint density at radius 1 is 1.25 bits per heavy atom. The molecule has 1 aromatic carbocycles. The van der Waals surface area contributed by atoms with E-state index in [-0.39, 0.29) is 5.04 Å². The SMILES string of the molecule is CC(C)(C)[Si](C)(C)OC[C@@H](Cc1ccccc1)C(=O)O. The van der Waals surface area contributed by atoms with Crippen molar-refractivity contribution in [1.82, 2.24) is 0 Å². The maximum atomic E-state index is 11.4. The molecule has 0 aliphatic rings. The van der Waals surface area contributed by atoms with Gasteiger partial charge in [-0.15, -0.1) is 0 Å². The van der Waals surface area contributed by atoms with Crippen molar-refractivity contribution in [1.29, 1.82) is 0 Å². The summed E-state index contributed by atoms with van der Waals surface area (Å²) in [5.41, 5.74) is 1.04. The lowest BCUT2D eigenvalue weighted by molar-refractivity contribution is -0.142. The van der Waals surface area contributed by atoms with Crippen molar-refractivity contribution in [2.75, 3.05) is 6.61 Å². The molecule has 0 saturated carbocycles. The molecule has 112 valence electrons. The van der Waals surface area contributed by atoms with Gasteiger partial charge < -0.3 is 9.53 Å². The summed E-state index contributed by atoms with van der Waals surface area (Å²) in [6.45, 7) is 11.1. The number of carbonyl (C=O) groups is 1. The van der Waals surface area contributed by atoms with Gasteiger partial charge in [-0.3, -0.25) is 4.79 Å². The highest BCUT2D eigenvalue weighted by Gasteiger charge is 2.38. The van der Waals surface area contributed by atoms with Crippen molar-refractivity contribution < 1.29 is 14.3 Å². The van der Waals surface area contributed by atoms with Crippen LogP contribution in [0.25, 0.3) is 0 Å². The third kappa shape index (κ3) is 4.76. The Hall–Kier alpha value is -1.13. The Kier molecular flexibility index (Phi) is 5.54. The Labute approximate surface area is 123 Å². The predicted molar refractivity (Wildman–Crippen MR) is 84.4 cm³/mol. The van der Waals surface area contributed by atoms with Crippen molar-refractivity contribution in [3.63, 3.8) is 0 Å². The van der Waals surface area contributed by atoms with E-state index in [0.29, 0.717) is 13.0 Å². The van der Waals surface area contributed by atoms with E-state index in [1.807, 2.05) is 30.3 Å². The van der Waals surface area contributed by atoms with Crippen LogP contribution in [0.3, 0.4) is 0 Å². The summed E-state index contributed by atoms with van der Waals surface area (Å²) in [5.74, 6) is -1.26. The van der Waals surface area contributed by atoms with Gasteiger partial charge in [0.2, 0.25) is 0 Å². The molecule has 0 unspecified atom stereocenters. The Balaban J connectivity index is 2.68. The van der Waals surface area contributed by atoms with Gasteiger partial charge in [0, 0.05) is 6.61 Å². The number of hydrogen-bond donors (Lipinski definition) is 1. The minimum absolute atomic E-state index is 0.100. The monoisotopic (exact) mass is 294 g/mol. The minimum Gasteiger partial charge on any atom is -0.481 e. The number of carboxylic acid groups (broad SMARTS) is 1. The van der Waals surface area contributed by atoms with Crippen molar-refractivity contribution in [2.45, 2.75) is 45.3 Å². The number of aliphatic carboxylic acids is 1. The van der Waals surface area contributed by atoms with E-state index in [1.54, 1.807) is 0 Å². The van der Waals surface area contributed by atoms with E-state index >= 15 is 0 Å². The first kappa shape index (κ1) is 16.9. The normalized spacial score (nSPS) is 14.1. The predicted octanol–water partition coefficient (Wildman–Crippen LogP) is 3.95. The molecule has 1 N–H and O–H groups in total. The maximum absolute atomic E-state index is 11.4. The van der Waals surface area contributed by atoms with E-state index in [0.717, 1.165) is 5.56 Å². The summed E-state index contributed by atoms with van der Waals surface area (Å²) in [5, 5.41) is 9.47. The second-order valence-corrected chi connectivity index (χ2v) is 11.6. The van der Waals surface area contributed by atoms with Gasteiger partial charge in [-0.05, 0) is 30.1 Å². The highest BCUT2D eigenvalue weighted by molar-refractivity contribution is 6.74. The highest BCUT2D eigenvalue weighted by Crippen LogP contribution is 2.36. The average molecular weight is 294 g/mol. The van der Waals surface area contributed by atoms with Crippen molar-refractivity contribution >= 4 is 14.3 Å². The number of benzene rings is 1. The molecule has 0 spiro atoms. The molecule has 20 heavy (non-hydrogen) atoms. The van der Waals surface area contributed by atoms with E-state index in [4.69, 9.17) is 4.43 Å². The van der Waals surface area contributed by atoms with Crippen molar-refractivity contribution in [2.24, 2.45) is 5.92 Å². The maximum Gasteiger partial charge on any atom is 0.309 e. The molecular weight excluding hydrogens is 268 g/mol. The molecule has 0 amide bonds. The van der Waals surface area contributed by atoms with E-state index in [2.05, 4.69) is 33.9 Å². The molecule has 1 aromatic rings. The van der Waals surface area contributed by atoms with Crippen LogP contribution >= 0.6 is 0 Å². The fraction of sp³-hybridized carbons (Fsp3) is 0.562. The van der Waals surface area contributed by atoms with Crippen LogP contribution in [0, 0.1) is 5.92 Å². The summed E-state index contributed by atoms with van der Waals surface area (Å²) in [6.07, 6.45) is 0.519. The van der Waals surface area contributed by atoms with Crippen LogP contribution in [0.15, 0.2) is 30.3 Å². The summed E-state index contributed by atoms with van der Waals surface area (Å²) < 4.78 is 6.05. The quantitative estimate of drug-likeness (QED) is 0.808. The smallest absolute Gasteiger partial charge is 0.309 e. The van der Waals surface area contributed by atoms with Crippen LogP contribution in [0.5, 0.6) is 0 Å². The number of hydrogen-bond acceptors (Lipinski definition) is 2. The topological polar surface area (TPSA) is 46.5 Å². The Morgan fingerprint density at radius 3 is 2.25 bits per heavy atom. The van der Waals surface area contributed by atoms with Gasteiger partial charge in [-0.1, -0.05) is 51.1 Å². The molecule has 0 bridgehead atoms. The zero-order valence-electron chi connectivity index (χ0n) is 13.1. The third-order valence-corrected chi connectivity index (χ3v) is 8.63. The van der Waals surface area contributed by atoms with Crippen LogP contribution in [0.2, 0.25) is 18.1 Å². The lowest BCUT2D eigenvalue weighted by Gasteiger charge is -2.36. The van der Waals surface area contributed by atoms with Crippen LogP contribution in [-0.2, 0) is 15.6 Å². The second kappa shape index (κ2) is 6.55. The summed E-state index contributed by atoms with van der Waals surface area (Å²) in [4.78, 5) is 11.4. The first-order chi connectivity index (χ1) is 9.13. The fourth-order valence-electron chi connectivity index (χ4n) is 1.64.